The molecule has 3 amide bonds. The zero-order valence-electron chi connectivity index (χ0n) is 23.9. The molecule has 0 radical (unpaired) electrons. The van der Waals surface area contributed by atoms with Crippen molar-refractivity contribution in [3.05, 3.63) is 104 Å². The first-order valence-corrected chi connectivity index (χ1v) is 15.6. The number of hydrogen-bond donors (Lipinski definition) is 2. The average Bonchev–Trinajstić information content (AvgIpc) is 3.49. The number of halogens is 1. The topological polar surface area (TPSA) is 83.4 Å². The van der Waals surface area contributed by atoms with Gasteiger partial charge in [-0.15, -0.1) is 11.3 Å². The fraction of sp³-hybridized carbons (Fsp3) is 0.212. The van der Waals surface area contributed by atoms with Gasteiger partial charge in [-0.3, -0.25) is 24.6 Å². The summed E-state index contributed by atoms with van der Waals surface area (Å²) in [5.41, 5.74) is 6.08. The van der Waals surface area contributed by atoms with Gasteiger partial charge >= 0.3 is 0 Å². The lowest BCUT2D eigenvalue weighted by atomic mass is 9.95. The maximum absolute atomic E-state index is 13.8. The van der Waals surface area contributed by atoms with E-state index >= 15 is 0 Å². The molecular weight excluding hydrogens is 600 g/mol. The number of nitrogens with zero attached hydrogens (tertiary/aromatic N) is 2. The van der Waals surface area contributed by atoms with E-state index in [1.165, 1.54) is 9.78 Å². The van der Waals surface area contributed by atoms with E-state index in [2.05, 4.69) is 15.2 Å². The van der Waals surface area contributed by atoms with Gasteiger partial charge in [0, 0.05) is 27.0 Å². The number of anilines is 2. The van der Waals surface area contributed by atoms with E-state index in [0.717, 1.165) is 53.3 Å². The summed E-state index contributed by atoms with van der Waals surface area (Å²) in [4.78, 5) is 43.1. The largest absolute Gasteiger partial charge is 0.322 e. The summed E-state index contributed by atoms with van der Waals surface area (Å²) in [6, 6.07) is 16.6. The van der Waals surface area contributed by atoms with Crippen molar-refractivity contribution in [2.24, 2.45) is 0 Å². The normalized spacial score (nSPS) is 16.0. The van der Waals surface area contributed by atoms with E-state index in [9.17, 15) is 14.4 Å². The predicted octanol–water partition coefficient (Wildman–Crippen LogP) is 7.08. The van der Waals surface area contributed by atoms with Crippen LogP contribution < -0.4 is 15.5 Å². The zero-order valence-corrected chi connectivity index (χ0v) is 26.3. The maximum atomic E-state index is 13.8. The average molecular weight is 629 g/mol. The van der Waals surface area contributed by atoms with Crippen LogP contribution in [-0.2, 0) is 22.4 Å². The standard InChI is InChI=1S/C33H29ClN4O3S2/c1-18-16-21(17-24-29(39)36-33(42)38(31(24)41)26-14-9-13-25(34)19(26)2)20(3)37(18)32-28(23-12-7-8-15-27(23)43-32)30(40)35-22-10-5-4-6-11-22/h4-6,9-11,13-14,16-17H,7-8,12,15H2,1-3H3,(H,35,40)(H,36,39,42)/b24-17+. The van der Waals surface area contributed by atoms with Gasteiger partial charge in [-0.2, -0.15) is 0 Å². The van der Waals surface area contributed by atoms with Crippen LogP contribution in [0.25, 0.3) is 11.1 Å². The van der Waals surface area contributed by atoms with Gasteiger partial charge in [0.2, 0.25) is 0 Å². The third kappa shape index (κ3) is 5.22. The Balaban J connectivity index is 1.42. The highest BCUT2D eigenvalue weighted by atomic mass is 35.5. The van der Waals surface area contributed by atoms with E-state index < -0.39 is 11.8 Å². The highest BCUT2D eigenvalue weighted by Gasteiger charge is 2.36. The van der Waals surface area contributed by atoms with Gasteiger partial charge in [0.05, 0.1) is 11.3 Å². The first-order chi connectivity index (χ1) is 20.7. The maximum Gasteiger partial charge on any atom is 0.270 e. The van der Waals surface area contributed by atoms with E-state index in [4.69, 9.17) is 23.8 Å². The molecule has 0 unspecified atom stereocenters. The van der Waals surface area contributed by atoms with Gasteiger partial charge in [-0.1, -0.05) is 35.9 Å². The van der Waals surface area contributed by atoms with Crippen LogP contribution >= 0.6 is 35.2 Å². The molecule has 2 aromatic heterocycles. The van der Waals surface area contributed by atoms with Gasteiger partial charge < -0.3 is 9.88 Å². The van der Waals surface area contributed by atoms with Crippen molar-refractivity contribution in [1.29, 1.82) is 0 Å². The molecule has 0 atom stereocenters. The molecule has 2 N–H and O–H groups in total. The van der Waals surface area contributed by atoms with Crippen molar-refractivity contribution in [2.45, 2.75) is 46.5 Å². The monoisotopic (exact) mass is 628 g/mol. The SMILES string of the molecule is Cc1c(Cl)cccc1N1C(=O)/C(=C/c2cc(C)n(-c3sc4c(c3C(=O)Nc3ccccc3)CCCC4)c2C)C(=O)NC1=S. The van der Waals surface area contributed by atoms with Gasteiger partial charge in [0.25, 0.3) is 17.7 Å². The molecule has 43 heavy (non-hydrogen) atoms. The number of thiocarbonyl (C=S) groups is 1. The summed E-state index contributed by atoms with van der Waals surface area (Å²) in [5.74, 6) is -1.24. The van der Waals surface area contributed by atoms with Crippen molar-refractivity contribution >= 4 is 75.4 Å². The van der Waals surface area contributed by atoms with E-state index in [1.54, 1.807) is 42.5 Å². The van der Waals surface area contributed by atoms with Crippen molar-refractivity contribution in [1.82, 2.24) is 9.88 Å². The summed E-state index contributed by atoms with van der Waals surface area (Å²) in [7, 11) is 0. The third-order valence-electron chi connectivity index (χ3n) is 7.97. The first-order valence-electron chi connectivity index (χ1n) is 14.0. The molecule has 3 heterocycles. The minimum Gasteiger partial charge on any atom is -0.322 e. The molecule has 1 aliphatic heterocycles. The Kier molecular flexibility index (Phi) is 7.81. The second-order valence-corrected chi connectivity index (χ2v) is 12.6. The lowest BCUT2D eigenvalue weighted by Gasteiger charge is -2.30. The number of hydrogen-bond acceptors (Lipinski definition) is 5. The number of para-hydroxylation sites is 1. The molecule has 218 valence electrons. The number of benzene rings is 2. The van der Waals surface area contributed by atoms with Crippen LogP contribution in [0.1, 0.15) is 56.2 Å². The number of carbonyl (C=O) groups is 3. The predicted molar refractivity (Wildman–Crippen MR) is 177 cm³/mol. The summed E-state index contributed by atoms with van der Waals surface area (Å²) >= 11 is 13.4. The molecule has 2 aromatic carbocycles. The van der Waals surface area contributed by atoms with E-state index in [-0.39, 0.29) is 16.6 Å². The molecule has 6 rings (SSSR count). The lowest BCUT2D eigenvalue weighted by molar-refractivity contribution is -0.122. The molecular formula is C33H29ClN4O3S2. The van der Waals surface area contributed by atoms with Crippen molar-refractivity contribution in [2.75, 3.05) is 10.2 Å². The molecule has 10 heteroatoms. The van der Waals surface area contributed by atoms with Gasteiger partial charge in [0.15, 0.2) is 5.11 Å². The smallest absolute Gasteiger partial charge is 0.270 e. The Labute approximate surface area is 264 Å². The molecule has 1 aliphatic carbocycles. The van der Waals surface area contributed by atoms with Crippen LogP contribution in [0.5, 0.6) is 0 Å². The van der Waals surface area contributed by atoms with E-state index in [1.807, 2.05) is 50.2 Å². The summed E-state index contributed by atoms with van der Waals surface area (Å²) in [6.07, 6.45) is 5.53. The second-order valence-electron chi connectivity index (χ2n) is 10.7. The van der Waals surface area contributed by atoms with Crippen LogP contribution in [0.3, 0.4) is 0 Å². The molecule has 0 bridgehead atoms. The Morgan fingerprint density at radius 2 is 1.79 bits per heavy atom. The quantitative estimate of drug-likeness (QED) is 0.141. The van der Waals surface area contributed by atoms with Crippen molar-refractivity contribution < 1.29 is 14.4 Å². The lowest BCUT2D eigenvalue weighted by Crippen LogP contribution is -2.54. The van der Waals surface area contributed by atoms with E-state index in [0.29, 0.717) is 27.4 Å². The minimum absolute atomic E-state index is 0.00113. The molecule has 4 aromatic rings. The summed E-state index contributed by atoms with van der Waals surface area (Å²) < 4.78 is 2.06. The number of aromatic nitrogens is 1. The van der Waals surface area contributed by atoms with Crippen molar-refractivity contribution in [3.63, 3.8) is 0 Å². The number of rotatable bonds is 5. The third-order valence-corrected chi connectivity index (χ3v) is 9.94. The van der Waals surface area contributed by atoms with Crippen LogP contribution in [0.15, 0.2) is 60.2 Å². The Morgan fingerprint density at radius 1 is 1.05 bits per heavy atom. The number of aryl methyl sites for hydroxylation is 2. The number of amides is 3. The van der Waals surface area contributed by atoms with Crippen LogP contribution in [0.2, 0.25) is 5.02 Å². The van der Waals surface area contributed by atoms with Gasteiger partial charge in [0.1, 0.15) is 10.6 Å². The van der Waals surface area contributed by atoms with Gasteiger partial charge in [-0.05, 0) is 112 Å². The van der Waals surface area contributed by atoms with Crippen LogP contribution in [0.4, 0.5) is 11.4 Å². The molecule has 0 saturated carbocycles. The Morgan fingerprint density at radius 3 is 2.56 bits per heavy atom. The van der Waals surface area contributed by atoms with Gasteiger partial charge in [-0.25, -0.2) is 0 Å². The number of nitrogens with one attached hydrogen (secondary N) is 2. The zero-order chi connectivity index (χ0) is 30.4. The van der Waals surface area contributed by atoms with Crippen molar-refractivity contribution in [3.8, 4) is 5.00 Å². The molecule has 2 aliphatic rings. The highest BCUT2D eigenvalue weighted by Crippen LogP contribution is 2.39. The summed E-state index contributed by atoms with van der Waals surface area (Å²) in [6.45, 7) is 5.70. The van der Waals surface area contributed by atoms with Crippen LogP contribution in [0, 0.1) is 20.8 Å². The second kappa shape index (κ2) is 11.6. The minimum atomic E-state index is -0.565. The Bertz CT molecular complexity index is 1860. The fourth-order valence-electron chi connectivity index (χ4n) is 5.77. The summed E-state index contributed by atoms with van der Waals surface area (Å²) in [5, 5.41) is 7.07. The molecule has 0 spiro atoms. The molecule has 1 saturated heterocycles. The molecule has 7 nitrogen and oxygen atoms in total. The fourth-order valence-corrected chi connectivity index (χ4v) is 7.72. The number of fused-ring (bicyclic) bond motifs is 1. The first kappa shape index (κ1) is 29.0. The van der Waals surface area contributed by atoms with Crippen LogP contribution in [-0.4, -0.2) is 27.4 Å². The number of thiophene rings is 1. The Hall–Kier alpha value is -4.05. The highest BCUT2D eigenvalue weighted by molar-refractivity contribution is 7.80. The molecule has 1 fully saturated rings. The number of carbonyl (C=O) groups excluding carboxylic acids is 3.